The van der Waals surface area contributed by atoms with E-state index in [0.717, 1.165) is 42.2 Å². The van der Waals surface area contributed by atoms with Gasteiger partial charge < -0.3 is 5.73 Å². The quantitative estimate of drug-likeness (QED) is 0.815. The van der Waals surface area contributed by atoms with Gasteiger partial charge in [0.1, 0.15) is 0 Å². The summed E-state index contributed by atoms with van der Waals surface area (Å²) in [5.41, 5.74) is 8.23. The van der Waals surface area contributed by atoms with Crippen molar-refractivity contribution in [2.45, 2.75) is 65.5 Å². The van der Waals surface area contributed by atoms with Crippen molar-refractivity contribution in [1.82, 2.24) is 9.78 Å². The Morgan fingerprint density at radius 3 is 2.59 bits per heavy atom. The van der Waals surface area contributed by atoms with Gasteiger partial charge in [0.15, 0.2) is 0 Å². The summed E-state index contributed by atoms with van der Waals surface area (Å²) in [4.78, 5) is 0. The Balaban J connectivity index is 2.78. The summed E-state index contributed by atoms with van der Waals surface area (Å²) in [6.07, 6.45) is 5.14. The van der Waals surface area contributed by atoms with Crippen molar-refractivity contribution in [3.63, 3.8) is 0 Å². The number of rotatable bonds is 7. The van der Waals surface area contributed by atoms with Gasteiger partial charge in [0.05, 0.1) is 16.4 Å². The fourth-order valence-electron chi connectivity index (χ4n) is 2.03. The van der Waals surface area contributed by atoms with E-state index < -0.39 is 0 Å². The summed E-state index contributed by atoms with van der Waals surface area (Å²) >= 11 is 6.35. The normalized spacial score (nSPS) is 13.0. The molecular weight excluding hydrogens is 234 g/mol. The third-order valence-electron chi connectivity index (χ3n) is 3.08. The molecule has 1 aromatic heterocycles. The van der Waals surface area contributed by atoms with Crippen LogP contribution in [0, 0.1) is 0 Å². The summed E-state index contributed by atoms with van der Waals surface area (Å²) in [6.45, 7) is 7.21. The molecule has 0 radical (unpaired) electrons. The number of halogens is 1. The van der Waals surface area contributed by atoms with Crippen LogP contribution < -0.4 is 5.73 Å². The van der Waals surface area contributed by atoms with Gasteiger partial charge in [0.25, 0.3) is 0 Å². The van der Waals surface area contributed by atoms with Crippen molar-refractivity contribution in [3.8, 4) is 0 Å². The van der Waals surface area contributed by atoms with Crippen molar-refractivity contribution in [3.05, 3.63) is 16.4 Å². The van der Waals surface area contributed by atoms with Crippen LogP contribution in [0.1, 0.15) is 51.4 Å². The maximum Gasteiger partial charge on any atom is 0.0850 e. The lowest BCUT2D eigenvalue weighted by atomic mass is 10.1. The van der Waals surface area contributed by atoms with E-state index in [1.54, 1.807) is 0 Å². The van der Waals surface area contributed by atoms with Gasteiger partial charge >= 0.3 is 0 Å². The van der Waals surface area contributed by atoms with E-state index in [2.05, 4.69) is 25.9 Å². The maximum atomic E-state index is 6.35. The molecule has 0 aromatic carbocycles. The van der Waals surface area contributed by atoms with E-state index in [0.29, 0.717) is 0 Å². The summed E-state index contributed by atoms with van der Waals surface area (Å²) < 4.78 is 1.99. The van der Waals surface area contributed by atoms with Crippen LogP contribution in [0.2, 0.25) is 5.02 Å². The monoisotopic (exact) mass is 257 g/mol. The molecule has 17 heavy (non-hydrogen) atoms. The minimum Gasteiger partial charge on any atom is -0.327 e. The second-order valence-corrected chi connectivity index (χ2v) is 4.86. The zero-order chi connectivity index (χ0) is 12.8. The third kappa shape index (κ3) is 3.71. The van der Waals surface area contributed by atoms with Crippen LogP contribution in [0.5, 0.6) is 0 Å². The minimum atomic E-state index is 0.194. The molecule has 0 saturated carbocycles. The molecular formula is C13H24ClN3. The molecule has 0 fully saturated rings. The van der Waals surface area contributed by atoms with E-state index in [1.165, 1.54) is 12.8 Å². The van der Waals surface area contributed by atoms with Gasteiger partial charge in [-0.3, -0.25) is 4.68 Å². The lowest BCUT2D eigenvalue weighted by molar-refractivity contribution is 0.536. The average molecular weight is 258 g/mol. The number of aromatic nitrogens is 2. The fraction of sp³-hybridized carbons (Fsp3) is 0.769. The largest absolute Gasteiger partial charge is 0.327 e. The predicted octanol–water partition coefficient (Wildman–Crippen LogP) is 3.18. The van der Waals surface area contributed by atoms with Crippen molar-refractivity contribution < 1.29 is 0 Å². The molecule has 0 saturated heterocycles. The highest BCUT2D eigenvalue weighted by molar-refractivity contribution is 6.31. The number of hydrogen-bond donors (Lipinski definition) is 1. The van der Waals surface area contributed by atoms with Crippen LogP contribution in [-0.4, -0.2) is 15.8 Å². The first-order chi connectivity index (χ1) is 8.13. The van der Waals surface area contributed by atoms with Crippen LogP contribution in [0.15, 0.2) is 0 Å². The molecule has 1 atom stereocenters. The number of hydrogen-bond acceptors (Lipinski definition) is 2. The van der Waals surface area contributed by atoms with Crippen LogP contribution in [0.4, 0.5) is 0 Å². The maximum absolute atomic E-state index is 6.35. The van der Waals surface area contributed by atoms with Gasteiger partial charge in [-0.05, 0) is 19.8 Å². The molecule has 4 heteroatoms. The van der Waals surface area contributed by atoms with Crippen LogP contribution >= 0.6 is 11.6 Å². The van der Waals surface area contributed by atoms with Gasteiger partial charge in [0, 0.05) is 19.0 Å². The minimum absolute atomic E-state index is 0.194. The van der Waals surface area contributed by atoms with E-state index in [1.807, 2.05) is 4.68 Å². The first-order valence-electron chi connectivity index (χ1n) is 6.63. The van der Waals surface area contributed by atoms with E-state index in [-0.39, 0.29) is 6.04 Å². The van der Waals surface area contributed by atoms with Gasteiger partial charge in [-0.2, -0.15) is 5.10 Å². The van der Waals surface area contributed by atoms with Gasteiger partial charge in [-0.25, -0.2) is 0 Å². The van der Waals surface area contributed by atoms with Crippen molar-refractivity contribution in [2.24, 2.45) is 5.73 Å². The Morgan fingerprint density at radius 2 is 2.06 bits per heavy atom. The molecule has 2 N–H and O–H groups in total. The van der Waals surface area contributed by atoms with Crippen molar-refractivity contribution >= 4 is 11.6 Å². The van der Waals surface area contributed by atoms with E-state index in [9.17, 15) is 0 Å². The average Bonchev–Trinajstić information content (AvgIpc) is 2.63. The number of nitrogens with zero attached hydrogens (tertiary/aromatic N) is 2. The molecule has 0 aliphatic carbocycles. The van der Waals surface area contributed by atoms with Gasteiger partial charge in [-0.1, -0.05) is 38.3 Å². The number of aryl methyl sites for hydroxylation is 2. The van der Waals surface area contributed by atoms with E-state index >= 15 is 0 Å². The highest BCUT2D eigenvalue weighted by Crippen LogP contribution is 2.23. The molecule has 98 valence electrons. The second kappa shape index (κ2) is 7.02. The number of unbranched alkanes of at least 4 members (excludes halogenated alkanes) is 1. The summed E-state index contributed by atoms with van der Waals surface area (Å²) in [6, 6.07) is 0.194. The molecule has 0 bridgehead atoms. The zero-order valence-corrected chi connectivity index (χ0v) is 11.9. The van der Waals surface area contributed by atoms with Gasteiger partial charge in [0.2, 0.25) is 0 Å². The molecule has 1 unspecified atom stereocenters. The SMILES string of the molecule is CCCCC(N)Cc1c(Cl)c(CC)nn1CC. The summed E-state index contributed by atoms with van der Waals surface area (Å²) in [7, 11) is 0. The van der Waals surface area contributed by atoms with Crippen LogP contribution in [-0.2, 0) is 19.4 Å². The number of nitrogens with two attached hydrogens (primary N) is 1. The molecule has 0 aliphatic heterocycles. The fourth-order valence-corrected chi connectivity index (χ4v) is 2.38. The molecule has 0 amide bonds. The smallest absolute Gasteiger partial charge is 0.0850 e. The van der Waals surface area contributed by atoms with Crippen LogP contribution in [0.25, 0.3) is 0 Å². The molecule has 1 aromatic rings. The molecule has 3 nitrogen and oxygen atoms in total. The molecule has 1 heterocycles. The third-order valence-corrected chi connectivity index (χ3v) is 3.51. The van der Waals surface area contributed by atoms with Crippen molar-refractivity contribution in [2.75, 3.05) is 0 Å². The summed E-state index contributed by atoms with van der Waals surface area (Å²) in [5, 5.41) is 5.33. The van der Waals surface area contributed by atoms with Crippen molar-refractivity contribution in [1.29, 1.82) is 0 Å². The Labute approximate surface area is 109 Å². The standard InChI is InChI=1S/C13H24ClN3/c1-4-7-8-10(15)9-12-13(14)11(5-2)16-17(12)6-3/h10H,4-9,15H2,1-3H3. The Morgan fingerprint density at radius 1 is 1.35 bits per heavy atom. The van der Waals surface area contributed by atoms with E-state index in [4.69, 9.17) is 17.3 Å². The second-order valence-electron chi connectivity index (χ2n) is 4.48. The Bertz CT molecular complexity index is 347. The first kappa shape index (κ1) is 14.5. The molecule has 1 rings (SSSR count). The lowest BCUT2D eigenvalue weighted by Gasteiger charge is -2.12. The topological polar surface area (TPSA) is 43.8 Å². The lowest BCUT2D eigenvalue weighted by Crippen LogP contribution is -2.24. The van der Waals surface area contributed by atoms with Gasteiger partial charge in [-0.15, -0.1) is 0 Å². The Kier molecular flexibility index (Phi) is 6.00. The highest BCUT2D eigenvalue weighted by Gasteiger charge is 2.16. The predicted molar refractivity (Wildman–Crippen MR) is 73.5 cm³/mol. The first-order valence-corrected chi connectivity index (χ1v) is 7.01. The molecule has 0 aliphatic rings. The zero-order valence-electron chi connectivity index (χ0n) is 11.2. The van der Waals surface area contributed by atoms with Crippen LogP contribution in [0.3, 0.4) is 0 Å². The summed E-state index contributed by atoms with van der Waals surface area (Å²) in [5.74, 6) is 0. The molecule has 0 spiro atoms. The highest BCUT2D eigenvalue weighted by atomic mass is 35.5. The Hall–Kier alpha value is -0.540.